The fourth-order valence-electron chi connectivity index (χ4n) is 0.939. The van der Waals surface area contributed by atoms with Gasteiger partial charge in [0.05, 0.1) is 11.1 Å². The Morgan fingerprint density at radius 1 is 1.07 bits per heavy atom. The van der Waals surface area contributed by atoms with Gasteiger partial charge in [0.2, 0.25) is 0 Å². The number of hydrogen-bond donors (Lipinski definition) is 0. The van der Waals surface area contributed by atoms with Crippen LogP contribution in [0.15, 0.2) is 12.1 Å². The van der Waals surface area contributed by atoms with Gasteiger partial charge in [0.25, 0.3) is 0 Å². The maximum atomic E-state index is 13.0. The summed E-state index contributed by atoms with van der Waals surface area (Å²) in [6.45, 7) is 0. The quantitative estimate of drug-likeness (QED) is 0.674. The minimum absolute atomic E-state index is 0.514. The lowest BCUT2D eigenvalue weighted by atomic mass is 10.1. The van der Waals surface area contributed by atoms with Crippen LogP contribution in [0.25, 0.3) is 0 Å². The Hall–Kier alpha value is -2.08. The molecule has 1 aromatic rings. The van der Waals surface area contributed by atoms with E-state index in [2.05, 4.69) is 0 Å². The summed E-state index contributed by atoms with van der Waals surface area (Å²) >= 11 is 0. The Labute approximate surface area is 82.0 Å². The van der Waals surface area contributed by atoms with Crippen molar-refractivity contribution in [3.8, 4) is 12.1 Å². The normalized spacial score (nSPS) is 10.5. The standard InChI is InChI=1S/C9H2F4N2/c10-7-5(3-14)1-2-6(8(7)11)9(12,13)4-15/h1-2H. The first-order valence-corrected chi connectivity index (χ1v) is 3.61. The number of hydrogen-bond acceptors (Lipinski definition) is 2. The molecule has 0 fully saturated rings. The summed E-state index contributed by atoms with van der Waals surface area (Å²) in [5.74, 6) is -7.66. The zero-order chi connectivity index (χ0) is 11.6. The van der Waals surface area contributed by atoms with Gasteiger partial charge in [-0.3, -0.25) is 0 Å². The molecule has 0 spiro atoms. The molecule has 0 aliphatic carbocycles. The molecule has 0 bridgehead atoms. The number of alkyl halides is 2. The Morgan fingerprint density at radius 3 is 2.13 bits per heavy atom. The van der Waals surface area contributed by atoms with Crippen molar-refractivity contribution in [3.05, 3.63) is 34.9 Å². The molecule has 0 radical (unpaired) electrons. The van der Waals surface area contributed by atoms with Crippen LogP contribution in [0.3, 0.4) is 0 Å². The van der Waals surface area contributed by atoms with Gasteiger partial charge in [-0.25, -0.2) is 8.78 Å². The van der Waals surface area contributed by atoms with Crippen molar-refractivity contribution in [1.82, 2.24) is 0 Å². The van der Waals surface area contributed by atoms with E-state index in [-0.39, 0.29) is 0 Å². The average Bonchev–Trinajstić information content (AvgIpc) is 2.21. The van der Waals surface area contributed by atoms with Crippen molar-refractivity contribution < 1.29 is 17.6 Å². The molecule has 0 saturated carbocycles. The molecule has 1 rings (SSSR count). The molecule has 6 heteroatoms. The summed E-state index contributed by atoms with van der Waals surface area (Å²) in [6, 6.07) is 3.04. The van der Waals surface area contributed by atoms with Gasteiger partial charge in [-0.2, -0.15) is 19.3 Å². The third-order valence-corrected chi connectivity index (χ3v) is 1.68. The first-order valence-electron chi connectivity index (χ1n) is 3.61. The van der Waals surface area contributed by atoms with Gasteiger partial charge in [0.1, 0.15) is 12.1 Å². The summed E-state index contributed by atoms with van der Waals surface area (Å²) < 4.78 is 51.3. The lowest BCUT2D eigenvalue weighted by molar-refractivity contribution is 0.0563. The van der Waals surface area contributed by atoms with Crippen molar-refractivity contribution >= 4 is 0 Å². The first kappa shape index (κ1) is 11.0. The smallest absolute Gasteiger partial charge is 0.203 e. The molecule has 1 aromatic carbocycles. The second-order valence-electron chi connectivity index (χ2n) is 2.59. The SMILES string of the molecule is N#Cc1ccc(C(F)(F)C#N)c(F)c1F. The summed E-state index contributed by atoms with van der Waals surface area (Å²) in [5, 5.41) is 16.3. The molecule has 0 heterocycles. The first-order chi connectivity index (χ1) is 6.94. The summed E-state index contributed by atoms with van der Waals surface area (Å²) in [4.78, 5) is 0. The van der Waals surface area contributed by atoms with E-state index in [0.29, 0.717) is 18.2 Å². The molecule has 15 heavy (non-hydrogen) atoms. The van der Waals surface area contributed by atoms with Gasteiger partial charge in [-0.15, -0.1) is 0 Å². The highest BCUT2D eigenvalue weighted by Gasteiger charge is 2.36. The zero-order valence-electron chi connectivity index (χ0n) is 7.06. The monoisotopic (exact) mass is 214 g/mol. The molecule has 0 aliphatic heterocycles. The Balaban J connectivity index is 3.46. The summed E-state index contributed by atoms with van der Waals surface area (Å²) in [6.07, 6.45) is 0. The maximum absolute atomic E-state index is 13.0. The van der Waals surface area contributed by atoms with Crippen LogP contribution >= 0.6 is 0 Å². The molecule has 0 saturated heterocycles. The van der Waals surface area contributed by atoms with E-state index in [1.165, 1.54) is 6.07 Å². The lowest BCUT2D eigenvalue weighted by Crippen LogP contribution is -2.14. The van der Waals surface area contributed by atoms with Gasteiger partial charge in [-0.1, -0.05) is 0 Å². The van der Waals surface area contributed by atoms with Gasteiger partial charge in [-0.05, 0) is 12.1 Å². The third-order valence-electron chi connectivity index (χ3n) is 1.68. The van der Waals surface area contributed by atoms with Crippen LogP contribution in [0, 0.1) is 34.3 Å². The lowest BCUT2D eigenvalue weighted by Gasteiger charge is -2.09. The highest BCUT2D eigenvalue weighted by Crippen LogP contribution is 2.30. The van der Waals surface area contributed by atoms with E-state index in [4.69, 9.17) is 10.5 Å². The van der Waals surface area contributed by atoms with E-state index < -0.39 is 28.7 Å². The molecule has 0 atom stereocenters. The van der Waals surface area contributed by atoms with Crippen molar-refractivity contribution in [2.45, 2.75) is 5.92 Å². The van der Waals surface area contributed by atoms with Gasteiger partial charge in [0, 0.05) is 0 Å². The third kappa shape index (κ3) is 1.75. The molecular weight excluding hydrogens is 212 g/mol. The Kier molecular flexibility index (Phi) is 2.63. The molecule has 76 valence electrons. The Bertz CT molecular complexity index is 482. The van der Waals surface area contributed by atoms with Crippen LogP contribution < -0.4 is 0 Å². The van der Waals surface area contributed by atoms with E-state index in [1.54, 1.807) is 0 Å². The Morgan fingerprint density at radius 2 is 1.67 bits per heavy atom. The second-order valence-corrected chi connectivity index (χ2v) is 2.59. The van der Waals surface area contributed by atoms with Crippen LogP contribution in [0.1, 0.15) is 11.1 Å². The van der Waals surface area contributed by atoms with Crippen molar-refractivity contribution in [3.63, 3.8) is 0 Å². The maximum Gasteiger partial charge on any atom is 0.360 e. The predicted octanol–water partition coefficient (Wildman–Crippen LogP) is 2.45. The predicted molar refractivity (Wildman–Crippen MR) is 40.6 cm³/mol. The second kappa shape index (κ2) is 3.58. The largest absolute Gasteiger partial charge is 0.360 e. The van der Waals surface area contributed by atoms with Crippen LogP contribution in [-0.2, 0) is 5.92 Å². The number of rotatable bonds is 1. The van der Waals surface area contributed by atoms with E-state index >= 15 is 0 Å². The number of benzene rings is 1. The van der Waals surface area contributed by atoms with Crippen LogP contribution in [0.2, 0.25) is 0 Å². The molecule has 0 aliphatic rings. The van der Waals surface area contributed by atoms with E-state index in [9.17, 15) is 17.6 Å². The minimum atomic E-state index is -4.11. The van der Waals surface area contributed by atoms with E-state index in [1.807, 2.05) is 0 Å². The summed E-state index contributed by atoms with van der Waals surface area (Å²) in [7, 11) is 0. The van der Waals surface area contributed by atoms with Crippen LogP contribution in [-0.4, -0.2) is 0 Å². The topological polar surface area (TPSA) is 47.6 Å². The molecule has 2 nitrogen and oxygen atoms in total. The fraction of sp³-hybridized carbons (Fsp3) is 0.111. The molecule has 0 N–H and O–H groups in total. The number of nitriles is 2. The molecule has 0 aromatic heterocycles. The van der Waals surface area contributed by atoms with Gasteiger partial charge in [0.15, 0.2) is 11.6 Å². The van der Waals surface area contributed by atoms with Crippen LogP contribution in [0.4, 0.5) is 17.6 Å². The average molecular weight is 214 g/mol. The van der Waals surface area contributed by atoms with Crippen molar-refractivity contribution in [1.29, 1.82) is 10.5 Å². The highest BCUT2D eigenvalue weighted by molar-refractivity contribution is 5.38. The van der Waals surface area contributed by atoms with Crippen LogP contribution in [0.5, 0.6) is 0 Å². The molecular formula is C9H2F4N2. The van der Waals surface area contributed by atoms with Gasteiger partial charge < -0.3 is 0 Å². The minimum Gasteiger partial charge on any atom is -0.203 e. The van der Waals surface area contributed by atoms with E-state index in [0.717, 1.165) is 0 Å². The van der Waals surface area contributed by atoms with Gasteiger partial charge >= 0.3 is 5.92 Å². The zero-order valence-corrected chi connectivity index (χ0v) is 7.06. The molecule has 0 unspecified atom stereocenters. The highest BCUT2D eigenvalue weighted by atomic mass is 19.3. The summed E-state index contributed by atoms with van der Waals surface area (Å²) in [5.41, 5.74) is -2.06. The number of nitrogens with zero attached hydrogens (tertiary/aromatic N) is 2. The van der Waals surface area contributed by atoms with Crippen molar-refractivity contribution in [2.24, 2.45) is 0 Å². The van der Waals surface area contributed by atoms with Crippen molar-refractivity contribution in [2.75, 3.05) is 0 Å². The fourth-order valence-corrected chi connectivity index (χ4v) is 0.939. The molecule has 0 amide bonds. The number of halogens is 4.